The van der Waals surface area contributed by atoms with Gasteiger partial charge in [-0.3, -0.25) is 9.59 Å². The van der Waals surface area contributed by atoms with Gasteiger partial charge in [-0.25, -0.2) is 0 Å². The summed E-state index contributed by atoms with van der Waals surface area (Å²) in [4.78, 5) is 30.5. The predicted molar refractivity (Wildman–Crippen MR) is 132 cm³/mol. The molecule has 6 nitrogen and oxygen atoms in total. The van der Waals surface area contributed by atoms with Crippen molar-refractivity contribution in [3.8, 4) is 0 Å². The van der Waals surface area contributed by atoms with Crippen molar-refractivity contribution in [1.82, 2.24) is 10.2 Å². The Labute approximate surface area is 200 Å². The first-order valence-corrected chi connectivity index (χ1v) is 12.4. The summed E-state index contributed by atoms with van der Waals surface area (Å²) >= 11 is 6.35. The predicted octanol–water partition coefficient (Wildman–Crippen LogP) is 4.38. The van der Waals surface area contributed by atoms with E-state index in [0.29, 0.717) is 23.7 Å². The molecule has 174 valence electrons. The fourth-order valence-corrected chi connectivity index (χ4v) is 5.25. The first kappa shape index (κ1) is 22.2. The van der Waals surface area contributed by atoms with Gasteiger partial charge >= 0.3 is 0 Å². The van der Waals surface area contributed by atoms with Crippen LogP contribution < -0.4 is 15.5 Å². The van der Waals surface area contributed by atoms with Crippen molar-refractivity contribution in [2.45, 2.75) is 38.6 Å². The highest BCUT2D eigenvalue weighted by Gasteiger charge is 2.32. The van der Waals surface area contributed by atoms with Crippen LogP contribution in [0.1, 0.15) is 53.2 Å². The van der Waals surface area contributed by atoms with Gasteiger partial charge in [-0.2, -0.15) is 0 Å². The van der Waals surface area contributed by atoms with Crippen LogP contribution in [0.25, 0.3) is 0 Å². The van der Waals surface area contributed by atoms with E-state index < -0.39 is 0 Å². The molecule has 2 aromatic rings. The number of piperazine rings is 1. The van der Waals surface area contributed by atoms with Crippen LogP contribution >= 0.6 is 11.6 Å². The Kier molecular flexibility index (Phi) is 6.30. The molecule has 2 aliphatic heterocycles. The summed E-state index contributed by atoms with van der Waals surface area (Å²) in [5.74, 6) is 0.255. The Balaban J connectivity index is 1.46. The van der Waals surface area contributed by atoms with Crippen molar-refractivity contribution >= 4 is 34.8 Å². The van der Waals surface area contributed by atoms with Crippen LogP contribution in [0.4, 0.5) is 11.4 Å². The molecule has 1 saturated carbocycles. The number of anilines is 2. The van der Waals surface area contributed by atoms with Gasteiger partial charge in [0.2, 0.25) is 5.91 Å². The lowest BCUT2D eigenvalue weighted by Crippen LogP contribution is -2.49. The number of carbonyl (C=O) groups is 2. The van der Waals surface area contributed by atoms with E-state index in [1.54, 1.807) is 0 Å². The van der Waals surface area contributed by atoms with Crippen LogP contribution in [0, 0.1) is 12.8 Å². The van der Waals surface area contributed by atoms with Crippen LogP contribution in [0.3, 0.4) is 0 Å². The second-order valence-electron chi connectivity index (χ2n) is 9.47. The standard InChI is InChI=1S/C26H31ClN4O2/c1-17-12-19(14-20(27)13-17)24-16-28-8-11-31(24)26(33)22-7-6-21(29-25(32)18-4-5-18)15-23(22)30-9-2-3-10-30/h6-7,12-15,18,24,28H,2-5,8-11,16H2,1H3,(H,29,32). The molecule has 0 spiro atoms. The minimum atomic E-state index is -0.0793. The molecular formula is C26H31ClN4O2. The van der Waals surface area contributed by atoms with Gasteiger partial charge < -0.3 is 20.4 Å². The highest BCUT2D eigenvalue weighted by Crippen LogP contribution is 2.34. The zero-order valence-electron chi connectivity index (χ0n) is 19.1. The molecule has 3 aliphatic rings. The number of amides is 2. The smallest absolute Gasteiger partial charge is 0.256 e. The summed E-state index contributed by atoms with van der Waals surface area (Å²) in [6.45, 7) is 5.97. The van der Waals surface area contributed by atoms with Crippen molar-refractivity contribution < 1.29 is 9.59 Å². The maximum absolute atomic E-state index is 13.9. The molecule has 3 fully saturated rings. The average Bonchev–Trinajstić information content (AvgIpc) is 3.52. The number of rotatable bonds is 5. The molecule has 1 aliphatic carbocycles. The SMILES string of the molecule is Cc1cc(Cl)cc(C2CNCCN2C(=O)c2ccc(NC(=O)C3CC3)cc2N2CCCC2)c1. The van der Waals surface area contributed by atoms with Gasteiger partial charge in [-0.15, -0.1) is 0 Å². The summed E-state index contributed by atoms with van der Waals surface area (Å²) in [5.41, 5.74) is 4.53. The maximum atomic E-state index is 13.9. The van der Waals surface area contributed by atoms with Crippen LogP contribution in [0.2, 0.25) is 5.02 Å². The summed E-state index contributed by atoms with van der Waals surface area (Å²) < 4.78 is 0. The van der Waals surface area contributed by atoms with E-state index in [2.05, 4.69) is 21.6 Å². The molecule has 1 atom stereocenters. The molecule has 2 aromatic carbocycles. The largest absolute Gasteiger partial charge is 0.371 e. The number of hydrogen-bond donors (Lipinski definition) is 2. The maximum Gasteiger partial charge on any atom is 0.256 e. The van der Waals surface area contributed by atoms with E-state index >= 15 is 0 Å². The molecular weight excluding hydrogens is 436 g/mol. The van der Waals surface area contributed by atoms with Crippen LogP contribution in [-0.2, 0) is 4.79 Å². The normalized spacial score (nSPS) is 20.7. The molecule has 7 heteroatoms. The minimum Gasteiger partial charge on any atom is -0.371 e. The number of benzene rings is 2. The Hall–Kier alpha value is -2.57. The Morgan fingerprint density at radius 1 is 1.06 bits per heavy atom. The zero-order valence-corrected chi connectivity index (χ0v) is 19.8. The lowest BCUT2D eigenvalue weighted by Gasteiger charge is -2.37. The number of carbonyl (C=O) groups excluding carboxylic acids is 2. The Bertz CT molecular complexity index is 1040. The van der Waals surface area contributed by atoms with Gasteiger partial charge in [0, 0.05) is 49.4 Å². The van der Waals surface area contributed by atoms with Crippen molar-refractivity contribution in [2.75, 3.05) is 42.9 Å². The first-order valence-electron chi connectivity index (χ1n) is 12.0. The second-order valence-corrected chi connectivity index (χ2v) is 9.91. The van der Waals surface area contributed by atoms with Gasteiger partial charge in [0.05, 0.1) is 17.3 Å². The highest BCUT2D eigenvalue weighted by atomic mass is 35.5. The minimum absolute atomic E-state index is 0.0288. The lowest BCUT2D eigenvalue weighted by molar-refractivity contribution is -0.117. The van der Waals surface area contributed by atoms with E-state index in [1.807, 2.05) is 42.2 Å². The molecule has 2 saturated heterocycles. The van der Waals surface area contributed by atoms with Crippen molar-refractivity contribution in [1.29, 1.82) is 0 Å². The Morgan fingerprint density at radius 3 is 2.58 bits per heavy atom. The fourth-order valence-electron chi connectivity index (χ4n) is 4.96. The first-order chi connectivity index (χ1) is 16.0. The van der Waals surface area contributed by atoms with Gasteiger partial charge in [-0.1, -0.05) is 17.7 Å². The third-order valence-electron chi connectivity index (χ3n) is 6.84. The molecule has 1 unspecified atom stereocenters. The lowest BCUT2D eigenvalue weighted by atomic mass is 9.99. The average molecular weight is 467 g/mol. The van der Waals surface area contributed by atoms with E-state index in [-0.39, 0.29) is 23.8 Å². The summed E-state index contributed by atoms with van der Waals surface area (Å²) in [7, 11) is 0. The van der Waals surface area contributed by atoms with Crippen LogP contribution in [0.15, 0.2) is 36.4 Å². The summed E-state index contributed by atoms with van der Waals surface area (Å²) in [5, 5.41) is 7.17. The fraction of sp³-hybridized carbons (Fsp3) is 0.462. The molecule has 0 aromatic heterocycles. The monoisotopic (exact) mass is 466 g/mol. The van der Waals surface area contributed by atoms with Gasteiger partial charge in [0.15, 0.2) is 0 Å². The van der Waals surface area contributed by atoms with Gasteiger partial charge in [0.25, 0.3) is 5.91 Å². The van der Waals surface area contributed by atoms with Crippen LogP contribution in [0.5, 0.6) is 0 Å². The summed E-state index contributed by atoms with van der Waals surface area (Å²) in [6, 6.07) is 11.7. The van der Waals surface area contributed by atoms with Crippen molar-refractivity contribution in [3.63, 3.8) is 0 Å². The summed E-state index contributed by atoms with van der Waals surface area (Å²) in [6.07, 6.45) is 4.16. The van der Waals surface area contributed by atoms with E-state index in [9.17, 15) is 9.59 Å². The zero-order chi connectivity index (χ0) is 22.9. The van der Waals surface area contributed by atoms with Crippen LogP contribution in [-0.4, -0.2) is 49.4 Å². The number of hydrogen-bond acceptors (Lipinski definition) is 4. The number of halogens is 1. The second kappa shape index (κ2) is 9.35. The van der Waals surface area contributed by atoms with E-state index in [0.717, 1.165) is 67.8 Å². The van der Waals surface area contributed by atoms with Crippen molar-refractivity contribution in [3.05, 3.63) is 58.1 Å². The van der Waals surface area contributed by atoms with Crippen molar-refractivity contribution in [2.24, 2.45) is 5.92 Å². The highest BCUT2D eigenvalue weighted by molar-refractivity contribution is 6.30. The van der Waals surface area contributed by atoms with E-state index in [4.69, 9.17) is 11.6 Å². The van der Waals surface area contributed by atoms with Gasteiger partial charge in [-0.05, 0) is 74.1 Å². The molecule has 2 N–H and O–H groups in total. The van der Waals surface area contributed by atoms with Gasteiger partial charge in [0.1, 0.15) is 0 Å². The third kappa shape index (κ3) is 4.87. The molecule has 2 amide bonds. The Morgan fingerprint density at radius 2 is 1.85 bits per heavy atom. The third-order valence-corrected chi connectivity index (χ3v) is 7.06. The topological polar surface area (TPSA) is 64.7 Å². The molecule has 33 heavy (non-hydrogen) atoms. The number of nitrogens with zero attached hydrogens (tertiary/aromatic N) is 2. The van der Waals surface area contributed by atoms with E-state index in [1.165, 1.54) is 0 Å². The quantitative estimate of drug-likeness (QED) is 0.686. The molecule has 5 rings (SSSR count). The molecule has 0 radical (unpaired) electrons. The molecule has 0 bridgehead atoms. The molecule has 2 heterocycles. The number of nitrogens with one attached hydrogen (secondary N) is 2. The number of aryl methyl sites for hydroxylation is 1.